The molecule has 4 aromatic rings. The Balaban J connectivity index is 1.40. The number of fused-ring (bicyclic) bond motifs is 1. The van der Waals surface area contributed by atoms with E-state index < -0.39 is 22.3 Å². The molecule has 0 saturated carbocycles. The first-order valence-corrected chi connectivity index (χ1v) is 15.5. The smallest absolute Gasteiger partial charge is 0.269 e. The Morgan fingerprint density at radius 2 is 1.62 bits per heavy atom. The molecule has 2 N–H and O–H groups in total. The van der Waals surface area contributed by atoms with Crippen LogP contribution in [0.5, 0.6) is 0 Å². The molecule has 246 valence electrons. The predicted octanol–water partition coefficient (Wildman–Crippen LogP) is 5.23. The number of amides is 3. The molecular formula is C37H36N4O7. The van der Waals surface area contributed by atoms with E-state index in [1.54, 1.807) is 55.5 Å². The van der Waals surface area contributed by atoms with Gasteiger partial charge in [0.2, 0.25) is 12.3 Å². The van der Waals surface area contributed by atoms with Crippen LogP contribution in [0.4, 0.5) is 22.7 Å². The molecule has 2 atom stereocenters. The van der Waals surface area contributed by atoms with E-state index in [0.29, 0.717) is 35.6 Å². The van der Waals surface area contributed by atoms with Crippen LogP contribution in [0, 0.1) is 16.0 Å². The summed E-state index contributed by atoms with van der Waals surface area (Å²) in [5, 5.41) is 33.3. The van der Waals surface area contributed by atoms with Gasteiger partial charge >= 0.3 is 0 Å². The monoisotopic (exact) mass is 648 g/mol. The van der Waals surface area contributed by atoms with Crippen molar-refractivity contribution in [3.05, 3.63) is 142 Å². The highest BCUT2D eigenvalue weighted by Gasteiger charge is 2.53. The predicted molar refractivity (Wildman–Crippen MR) is 181 cm³/mol. The number of para-hydroxylation sites is 1. The van der Waals surface area contributed by atoms with Crippen LogP contribution >= 0.6 is 0 Å². The van der Waals surface area contributed by atoms with Gasteiger partial charge in [-0.3, -0.25) is 29.4 Å². The third kappa shape index (κ3) is 7.02. The quantitative estimate of drug-likeness (QED) is 0.0825. The fourth-order valence-electron chi connectivity index (χ4n) is 5.91. The SMILES string of the molecule is C[C@@H](/C=C/CC(=O)N(CCO)Cc1ccccc1)[C@]1(O)C(=O)N(Cc2cccc(N(C=O)c3ccccc3)c2)c2ccc([N+](=O)[O-])cc21. The Morgan fingerprint density at radius 3 is 2.29 bits per heavy atom. The minimum Gasteiger partial charge on any atom is -0.395 e. The van der Waals surface area contributed by atoms with Crippen LogP contribution in [-0.2, 0) is 33.1 Å². The van der Waals surface area contributed by atoms with E-state index in [9.17, 15) is 34.7 Å². The molecule has 48 heavy (non-hydrogen) atoms. The second-order valence-corrected chi connectivity index (χ2v) is 11.5. The number of carbonyl (C=O) groups is 3. The third-order valence-corrected chi connectivity index (χ3v) is 8.45. The van der Waals surface area contributed by atoms with Gasteiger partial charge in [0.05, 0.1) is 23.8 Å². The number of nitro benzene ring substituents is 1. The zero-order valence-electron chi connectivity index (χ0n) is 26.4. The van der Waals surface area contributed by atoms with Crippen LogP contribution in [0.25, 0.3) is 0 Å². The Kier molecular flexibility index (Phi) is 10.4. The van der Waals surface area contributed by atoms with Crippen LogP contribution in [0.2, 0.25) is 0 Å². The van der Waals surface area contributed by atoms with Crippen molar-refractivity contribution in [2.24, 2.45) is 5.92 Å². The van der Waals surface area contributed by atoms with Gasteiger partial charge in [-0.1, -0.05) is 79.7 Å². The first-order chi connectivity index (χ1) is 23.2. The number of nitrogens with zero attached hydrogens (tertiary/aromatic N) is 4. The third-order valence-electron chi connectivity index (χ3n) is 8.45. The molecule has 1 aliphatic heterocycles. The van der Waals surface area contributed by atoms with Crippen molar-refractivity contribution >= 4 is 41.0 Å². The topological polar surface area (TPSA) is 145 Å². The highest BCUT2D eigenvalue weighted by atomic mass is 16.6. The lowest BCUT2D eigenvalue weighted by atomic mass is 9.82. The molecule has 1 heterocycles. The number of hydrogen-bond donors (Lipinski definition) is 2. The van der Waals surface area contributed by atoms with Gasteiger partial charge in [0, 0.05) is 54.5 Å². The van der Waals surface area contributed by atoms with E-state index in [0.717, 1.165) is 5.56 Å². The largest absolute Gasteiger partial charge is 0.395 e. The average Bonchev–Trinajstić information content (AvgIpc) is 3.31. The van der Waals surface area contributed by atoms with Crippen molar-refractivity contribution in [1.82, 2.24) is 4.90 Å². The number of benzene rings is 4. The summed E-state index contributed by atoms with van der Waals surface area (Å²) < 4.78 is 0. The van der Waals surface area contributed by atoms with Crippen molar-refractivity contribution in [3.8, 4) is 0 Å². The maximum Gasteiger partial charge on any atom is 0.269 e. The van der Waals surface area contributed by atoms with E-state index >= 15 is 0 Å². The summed E-state index contributed by atoms with van der Waals surface area (Å²) in [4.78, 5) is 54.7. The number of nitro groups is 1. The highest BCUT2D eigenvalue weighted by molar-refractivity contribution is 6.07. The number of aliphatic hydroxyl groups is 2. The number of carbonyl (C=O) groups excluding carboxylic acids is 3. The fourth-order valence-corrected chi connectivity index (χ4v) is 5.91. The molecule has 11 heteroatoms. The molecule has 0 unspecified atom stereocenters. The molecular weight excluding hydrogens is 612 g/mol. The number of anilines is 3. The Labute approximate surface area is 278 Å². The first kappa shape index (κ1) is 33.7. The summed E-state index contributed by atoms with van der Waals surface area (Å²) >= 11 is 0. The van der Waals surface area contributed by atoms with Crippen LogP contribution < -0.4 is 9.80 Å². The van der Waals surface area contributed by atoms with E-state index in [1.807, 2.05) is 48.5 Å². The van der Waals surface area contributed by atoms with Gasteiger partial charge in [0.15, 0.2) is 5.60 Å². The van der Waals surface area contributed by atoms with Crippen LogP contribution in [0.3, 0.4) is 0 Å². The minimum atomic E-state index is -2.16. The molecule has 0 spiro atoms. The van der Waals surface area contributed by atoms with Crippen molar-refractivity contribution in [2.75, 3.05) is 23.0 Å². The van der Waals surface area contributed by atoms with Gasteiger partial charge in [-0.15, -0.1) is 0 Å². The molecule has 0 saturated heterocycles. The van der Waals surface area contributed by atoms with Crippen LogP contribution in [-0.4, -0.2) is 51.4 Å². The van der Waals surface area contributed by atoms with Gasteiger partial charge < -0.3 is 20.0 Å². The number of non-ortho nitro benzene ring substituents is 1. The van der Waals surface area contributed by atoms with Crippen molar-refractivity contribution < 1.29 is 29.5 Å². The normalized spacial score (nSPS) is 16.1. The molecule has 11 nitrogen and oxygen atoms in total. The second-order valence-electron chi connectivity index (χ2n) is 11.5. The molecule has 4 aromatic carbocycles. The van der Waals surface area contributed by atoms with E-state index in [-0.39, 0.29) is 43.3 Å². The summed E-state index contributed by atoms with van der Waals surface area (Å²) in [6, 6.07) is 29.5. The first-order valence-electron chi connectivity index (χ1n) is 15.5. The summed E-state index contributed by atoms with van der Waals surface area (Å²) in [5.74, 6) is -1.80. The maximum atomic E-state index is 14.1. The number of hydrogen-bond acceptors (Lipinski definition) is 7. The Hall–Kier alpha value is -5.65. The molecule has 0 fully saturated rings. The van der Waals surface area contributed by atoms with Gasteiger partial charge in [-0.2, -0.15) is 0 Å². The van der Waals surface area contributed by atoms with Gasteiger partial charge in [-0.25, -0.2) is 0 Å². The molecule has 5 rings (SSSR count). The molecule has 0 radical (unpaired) electrons. The van der Waals surface area contributed by atoms with Crippen molar-refractivity contribution in [1.29, 1.82) is 0 Å². The van der Waals surface area contributed by atoms with Gasteiger partial charge in [0.1, 0.15) is 0 Å². The average molecular weight is 649 g/mol. The summed E-state index contributed by atoms with van der Waals surface area (Å²) in [6.07, 6.45) is 3.78. The molecule has 0 aliphatic carbocycles. The van der Waals surface area contributed by atoms with Gasteiger partial charge in [0.25, 0.3) is 11.6 Å². The summed E-state index contributed by atoms with van der Waals surface area (Å²) in [7, 11) is 0. The minimum absolute atomic E-state index is 0.0196. The second kappa shape index (κ2) is 14.8. The molecule has 0 aromatic heterocycles. The lowest BCUT2D eigenvalue weighted by Gasteiger charge is -2.28. The van der Waals surface area contributed by atoms with E-state index in [2.05, 4.69) is 0 Å². The lowest BCUT2D eigenvalue weighted by Crippen LogP contribution is -2.44. The maximum absolute atomic E-state index is 14.1. The Bertz CT molecular complexity index is 1820. The van der Waals surface area contributed by atoms with Crippen molar-refractivity contribution in [3.63, 3.8) is 0 Å². The zero-order chi connectivity index (χ0) is 34.3. The number of rotatable bonds is 14. The van der Waals surface area contributed by atoms with Crippen LogP contribution in [0.1, 0.15) is 30.0 Å². The highest BCUT2D eigenvalue weighted by Crippen LogP contribution is 2.47. The zero-order valence-corrected chi connectivity index (χ0v) is 26.4. The summed E-state index contributed by atoms with van der Waals surface area (Å²) in [6.45, 7) is 1.88. The molecule has 3 amide bonds. The van der Waals surface area contributed by atoms with Crippen LogP contribution in [0.15, 0.2) is 115 Å². The Morgan fingerprint density at radius 1 is 0.958 bits per heavy atom. The standard InChI is InChI=1S/C37H36N4O7/c1-27(10-8-17-35(44)38(20-21-42)24-28-11-4-2-5-12-28)37(46)33-23-32(41(47)48)18-19-34(33)39(36(37)45)25-29-13-9-16-31(22-29)40(26-43)30-14-6-3-7-15-30/h2-16,18-19,22-23,26-27,42,46H,17,20-21,24-25H2,1H3/b10-8+/t27-,37+/m0/s1. The fraction of sp³-hybridized carbons (Fsp3) is 0.216. The van der Waals surface area contributed by atoms with E-state index in [1.165, 1.54) is 32.9 Å². The molecule has 1 aliphatic rings. The van der Waals surface area contributed by atoms with Crippen molar-refractivity contribution in [2.45, 2.75) is 32.0 Å². The van der Waals surface area contributed by atoms with Gasteiger partial charge in [-0.05, 0) is 41.5 Å². The molecule has 0 bridgehead atoms. The number of aliphatic hydroxyl groups excluding tert-OH is 1. The lowest BCUT2D eigenvalue weighted by molar-refractivity contribution is -0.385. The van der Waals surface area contributed by atoms with E-state index in [4.69, 9.17) is 0 Å². The summed E-state index contributed by atoms with van der Waals surface area (Å²) in [5.41, 5.74) is 0.773.